The van der Waals surface area contributed by atoms with Crippen LogP contribution in [0.5, 0.6) is 5.88 Å². The summed E-state index contributed by atoms with van der Waals surface area (Å²) in [5.41, 5.74) is 7.46. The minimum Gasteiger partial charge on any atom is -0.481 e. The summed E-state index contributed by atoms with van der Waals surface area (Å²) < 4.78 is 7.18. The number of amides is 2. The third kappa shape index (κ3) is 2.66. The Balaban J connectivity index is 1.93. The van der Waals surface area contributed by atoms with Gasteiger partial charge in [0, 0.05) is 19.0 Å². The van der Waals surface area contributed by atoms with Gasteiger partial charge in [0.1, 0.15) is 0 Å². The molecule has 8 heteroatoms. The highest BCUT2D eigenvalue weighted by molar-refractivity contribution is 7.12. The van der Waals surface area contributed by atoms with E-state index in [1.165, 1.54) is 11.3 Å². The van der Waals surface area contributed by atoms with E-state index in [4.69, 9.17) is 10.5 Å². The van der Waals surface area contributed by atoms with E-state index in [2.05, 4.69) is 5.10 Å². The molecule has 2 amide bonds. The van der Waals surface area contributed by atoms with Gasteiger partial charge in [-0.05, 0) is 25.8 Å². The van der Waals surface area contributed by atoms with Crippen molar-refractivity contribution in [1.29, 1.82) is 0 Å². The quantitative estimate of drug-likeness (QED) is 0.913. The highest BCUT2D eigenvalue weighted by Gasteiger charge is 2.35. The SMILES string of the molecule is COc1c(C2CCCN2C(=O)c2cc(C(N)=O)cs2)c(C)nn1C. The van der Waals surface area contributed by atoms with Gasteiger partial charge >= 0.3 is 0 Å². The van der Waals surface area contributed by atoms with E-state index < -0.39 is 5.91 Å². The molecule has 1 fully saturated rings. The van der Waals surface area contributed by atoms with Crippen LogP contribution in [0.2, 0.25) is 0 Å². The zero-order chi connectivity index (χ0) is 17.4. The molecule has 1 aliphatic heterocycles. The first-order valence-corrected chi connectivity index (χ1v) is 8.58. The number of thiophene rings is 1. The number of nitrogens with zero attached hydrogens (tertiary/aromatic N) is 3. The first-order valence-electron chi connectivity index (χ1n) is 7.70. The van der Waals surface area contributed by atoms with E-state index in [-0.39, 0.29) is 11.9 Å². The molecular formula is C16H20N4O3S. The average Bonchev–Trinajstić information content (AvgIpc) is 3.24. The largest absolute Gasteiger partial charge is 0.481 e. The maximum atomic E-state index is 12.9. The van der Waals surface area contributed by atoms with Crippen molar-refractivity contribution in [3.63, 3.8) is 0 Å². The summed E-state index contributed by atoms with van der Waals surface area (Å²) in [6, 6.07) is 1.50. The van der Waals surface area contributed by atoms with Crippen molar-refractivity contribution in [3.8, 4) is 5.88 Å². The monoisotopic (exact) mass is 348 g/mol. The van der Waals surface area contributed by atoms with Crippen molar-refractivity contribution in [2.24, 2.45) is 12.8 Å². The summed E-state index contributed by atoms with van der Waals surface area (Å²) in [5.74, 6) is 0.0783. The summed E-state index contributed by atoms with van der Waals surface area (Å²) in [7, 11) is 3.44. The number of nitrogens with two attached hydrogens (primary N) is 1. The lowest BCUT2D eigenvalue weighted by Gasteiger charge is -2.24. The van der Waals surface area contributed by atoms with Crippen LogP contribution >= 0.6 is 11.3 Å². The molecule has 24 heavy (non-hydrogen) atoms. The van der Waals surface area contributed by atoms with Crippen molar-refractivity contribution in [1.82, 2.24) is 14.7 Å². The molecule has 128 valence electrons. The van der Waals surface area contributed by atoms with Crippen LogP contribution in [-0.4, -0.2) is 40.1 Å². The van der Waals surface area contributed by atoms with E-state index in [0.29, 0.717) is 22.9 Å². The molecule has 0 radical (unpaired) electrons. The van der Waals surface area contributed by atoms with E-state index >= 15 is 0 Å². The topological polar surface area (TPSA) is 90.4 Å². The molecule has 1 aliphatic rings. The number of methoxy groups -OCH3 is 1. The Morgan fingerprint density at radius 2 is 2.21 bits per heavy atom. The maximum Gasteiger partial charge on any atom is 0.264 e. The van der Waals surface area contributed by atoms with Gasteiger partial charge in [-0.2, -0.15) is 5.10 Å². The van der Waals surface area contributed by atoms with Gasteiger partial charge in [-0.15, -0.1) is 11.3 Å². The molecule has 1 unspecified atom stereocenters. The Hall–Kier alpha value is -2.35. The summed E-state index contributed by atoms with van der Waals surface area (Å²) in [5, 5.41) is 6.04. The summed E-state index contributed by atoms with van der Waals surface area (Å²) in [6.07, 6.45) is 1.78. The number of carbonyl (C=O) groups excluding carboxylic acids is 2. The van der Waals surface area contributed by atoms with E-state index in [0.717, 1.165) is 24.1 Å². The molecule has 3 rings (SSSR count). The third-order valence-electron chi connectivity index (χ3n) is 4.35. The second kappa shape index (κ2) is 6.27. The van der Waals surface area contributed by atoms with Crippen molar-refractivity contribution in [3.05, 3.63) is 33.1 Å². The molecule has 0 saturated carbocycles. The predicted octanol–water partition coefficient (Wildman–Crippen LogP) is 1.87. The molecule has 2 aromatic heterocycles. The number of primary amides is 1. The number of hydrogen-bond donors (Lipinski definition) is 1. The molecular weight excluding hydrogens is 328 g/mol. The first kappa shape index (κ1) is 16.5. The Bertz CT molecular complexity index is 795. The standard InChI is InChI=1S/C16H20N4O3S/c1-9-13(16(23-3)19(2)18-9)11-5-4-6-20(11)15(22)12-7-10(8-24-12)14(17)21/h7-8,11H,4-6H2,1-3H3,(H2,17,21). The Kier molecular flexibility index (Phi) is 4.31. The van der Waals surface area contributed by atoms with Crippen LogP contribution in [0.1, 0.15) is 50.2 Å². The van der Waals surface area contributed by atoms with Crippen molar-refractivity contribution in [2.45, 2.75) is 25.8 Å². The highest BCUT2D eigenvalue weighted by Crippen LogP contribution is 2.39. The van der Waals surface area contributed by atoms with Crippen LogP contribution in [0.3, 0.4) is 0 Å². The minimum atomic E-state index is -0.520. The van der Waals surface area contributed by atoms with Gasteiger partial charge in [0.05, 0.1) is 34.8 Å². The van der Waals surface area contributed by atoms with Gasteiger partial charge in [0.2, 0.25) is 11.8 Å². The zero-order valence-electron chi connectivity index (χ0n) is 13.9. The normalized spacial score (nSPS) is 17.3. The molecule has 1 saturated heterocycles. The molecule has 3 heterocycles. The van der Waals surface area contributed by atoms with Crippen LogP contribution in [-0.2, 0) is 7.05 Å². The molecule has 0 bridgehead atoms. The van der Waals surface area contributed by atoms with E-state index in [1.807, 2.05) is 18.9 Å². The summed E-state index contributed by atoms with van der Waals surface area (Å²) in [4.78, 5) is 26.5. The van der Waals surface area contributed by atoms with Gasteiger partial charge < -0.3 is 15.4 Å². The fourth-order valence-corrected chi connectivity index (χ4v) is 4.16. The number of carbonyl (C=O) groups is 2. The lowest BCUT2D eigenvalue weighted by molar-refractivity contribution is 0.0738. The van der Waals surface area contributed by atoms with Crippen LogP contribution in [0.25, 0.3) is 0 Å². The average molecular weight is 348 g/mol. The van der Waals surface area contributed by atoms with Crippen LogP contribution in [0.15, 0.2) is 11.4 Å². The molecule has 7 nitrogen and oxygen atoms in total. The van der Waals surface area contributed by atoms with Gasteiger partial charge in [-0.1, -0.05) is 0 Å². The first-order chi connectivity index (χ1) is 11.4. The van der Waals surface area contributed by atoms with Crippen molar-refractivity contribution >= 4 is 23.2 Å². The fraction of sp³-hybridized carbons (Fsp3) is 0.438. The van der Waals surface area contributed by atoms with Gasteiger partial charge in [0.25, 0.3) is 5.91 Å². The molecule has 0 spiro atoms. The number of aryl methyl sites for hydroxylation is 2. The second-order valence-corrected chi connectivity index (χ2v) is 6.76. The lowest BCUT2D eigenvalue weighted by Crippen LogP contribution is -2.30. The van der Waals surface area contributed by atoms with Crippen LogP contribution in [0, 0.1) is 6.92 Å². The number of likely N-dealkylation sites (tertiary alicyclic amines) is 1. The minimum absolute atomic E-state index is 0.0692. The van der Waals surface area contributed by atoms with Crippen molar-refractivity contribution < 1.29 is 14.3 Å². The van der Waals surface area contributed by atoms with E-state index in [1.54, 1.807) is 23.2 Å². The number of ether oxygens (including phenoxy) is 1. The Morgan fingerprint density at radius 3 is 2.83 bits per heavy atom. The predicted molar refractivity (Wildman–Crippen MR) is 90.3 cm³/mol. The third-order valence-corrected chi connectivity index (χ3v) is 5.27. The Labute approximate surface area is 144 Å². The molecule has 0 aromatic carbocycles. The Morgan fingerprint density at radius 1 is 1.46 bits per heavy atom. The molecule has 0 aliphatic carbocycles. The molecule has 2 aromatic rings. The zero-order valence-corrected chi connectivity index (χ0v) is 14.7. The number of hydrogen-bond acceptors (Lipinski definition) is 5. The smallest absolute Gasteiger partial charge is 0.264 e. The number of rotatable bonds is 4. The van der Waals surface area contributed by atoms with Crippen LogP contribution in [0.4, 0.5) is 0 Å². The molecule has 2 N–H and O–H groups in total. The highest BCUT2D eigenvalue weighted by atomic mass is 32.1. The van der Waals surface area contributed by atoms with Crippen molar-refractivity contribution in [2.75, 3.05) is 13.7 Å². The summed E-state index contributed by atoms with van der Waals surface area (Å²) >= 11 is 1.25. The molecule has 1 atom stereocenters. The fourth-order valence-electron chi connectivity index (χ4n) is 3.31. The van der Waals surface area contributed by atoms with Gasteiger partial charge in [-0.25, -0.2) is 4.68 Å². The van der Waals surface area contributed by atoms with Gasteiger partial charge in [0.15, 0.2) is 0 Å². The van der Waals surface area contributed by atoms with Crippen LogP contribution < -0.4 is 10.5 Å². The summed E-state index contributed by atoms with van der Waals surface area (Å²) in [6.45, 7) is 2.60. The lowest BCUT2D eigenvalue weighted by atomic mass is 10.0. The van der Waals surface area contributed by atoms with Gasteiger partial charge in [-0.3, -0.25) is 9.59 Å². The second-order valence-electron chi connectivity index (χ2n) is 5.85. The van der Waals surface area contributed by atoms with E-state index in [9.17, 15) is 9.59 Å². The maximum absolute atomic E-state index is 12.9. The number of aromatic nitrogens is 2.